The summed E-state index contributed by atoms with van der Waals surface area (Å²) in [7, 11) is 0. The van der Waals surface area contributed by atoms with Gasteiger partial charge in [0.05, 0.1) is 6.61 Å². The van der Waals surface area contributed by atoms with Crippen molar-refractivity contribution in [2.75, 3.05) is 6.61 Å². The van der Waals surface area contributed by atoms with Gasteiger partial charge in [-0.05, 0) is 26.2 Å². The van der Waals surface area contributed by atoms with Crippen LogP contribution in [0.3, 0.4) is 0 Å². The van der Waals surface area contributed by atoms with Gasteiger partial charge in [0.25, 0.3) is 0 Å². The molecule has 0 spiro atoms. The molecule has 21 heavy (non-hydrogen) atoms. The molecule has 1 aliphatic rings. The van der Waals surface area contributed by atoms with Crippen LogP contribution in [-0.4, -0.2) is 33.1 Å². The van der Waals surface area contributed by atoms with Crippen molar-refractivity contribution in [2.24, 2.45) is 5.41 Å². The maximum absolute atomic E-state index is 12.5. The molecule has 1 atom stereocenters. The van der Waals surface area contributed by atoms with E-state index in [9.17, 15) is 9.59 Å². The second-order valence-electron chi connectivity index (χ2n) is 5.51. The van der Waals surface area contributed by atoms with Crippen LogP contribution >= 0.6 is 0 Å². The van der Waals surface area contributed by atoms with Crippen LogP contribution in [-0.2, 0) is 27.3 Å². The molecular weight excluding hydrogens is 270 g/mol. The molecule has 2 rings (SSSR count). The minimum atomic E-state index is -1.06. The highest BCUT2D eigenvalue weighted by Gasteiger charge is 2.48. The normalized spacial score (nSPS) is 22.3. The first-order valence-electron chi connectivity index (χ1n) is 7.71. The minimum Gasteiger partial charge on any atom is -0.465 e. The van der Waals surface area contributed by atoms with Crippen molar-refractivity contribution >= 4 is 11.8 Å². The maximum Gasteiger partial charge on any atom is 0.320 e. The van der Waals surface area contributed by atoms with Crippen molar-refractivity contribution in [1.82, 2.24) is 14.8 Å². The summed E-state index contributed by atoms with van der Waals surface area (Å²) in [5.74, 6) is 0.277. The summed E-state index contributed by atoms with van der Waals surface area (Å²) < 4.78 is 6.97. The number of ketones is 1. The van der Waals surface area contributed by atoms with E-state index in [0.29, 0.717) is 25.1 Å². The van der Waals surface area contributed by atoms with Gasteiger partial charge in [-0.15, -0.1) is 0 Å². The summed E-state index contributed by atoms with van der Waals surface area (Å²) >= 11 is 0. The lowest BCUT2D eigenvalue weighted by atomic mass is 9.70. The van der Waals surface area contributed by atoms with Crippen LogP contribution < -0.4 is 0 Å². The molecule has 1 heterocycles. The molecule has 1 aliphatic carbocycles. The number of carbonyl (C=O) groups excluding carboxylic acids is 2. The first-order chi connectivity index (χ1) is 10.1. The van der Waals surface area contributed by atoms with Gasteiger partial charge in [-0.25, -0.2) is 4.98 Å². The molecule has 6 heteroatoms. The van der Waals surface area contributed by atoms with E-state index in [1.54, 1.807) is 11.6 Å². The Morgan fingerprint density at radius 3 is 2.90 bits per heavy atom. The number of hydrogen-bond donors (Lipinski definition) is 0. The van der Waals surface area contributed by atoms with Crippen molar-refractivity contribution in [1.29, 1.82) is 0 Å². The number of esters is 1. The fraction of sp³-hybridized carbons (Fsp3) is 0.733. The van der Waals surface area contributed by atoms with Crippen LogP contribution in [0.5, 0.6) is 0 Å². The number of Topliss-reactive ketones (excluding diaryl/α,β-unsaturated/α-hetero) is 1. The quantitative estimate of drug-likeness (QED) is 0.592. The third-order valence-corrected chi connectivity index (χ3v) is 4.05. The maximum atomic E-state index is 12.5. The molecule has 0 aliphatic heterocycles. The highest BCUT2D eigenvalue weighted by molar-refractivity contribution is 6.04. The van der Waals surface area contributed by atoms with E-state index in [1.165, 1.54) is 6.33 Å². The van der Waals surface area contributed by atoms with Crippen LogP contribution in [0.25, 0.3) is 0 Å². The summed E-state index contributed by atoms with van der Waals surface area (Å²) in [5, 5.41) is 4.18. The van der Waals surface area contributed by atoms with Gasteiger partial charge in [0.15, 0.2) is 5.78 Å². The summed E-state index contributed by atoms with van der Waals surface area (Å²) in [6, 6.07) is 0. The molecule has 0 amide bonds. The van der Waals surface area contributed by atoms with Crippen molar-refractivity contribution in [3.05, 3.63) is 12.2 Å². The third-order valence-electron chi connectivity index (χ3n) is 4.05. The number of hydrogen-bond acceptors (Lipinski definition) is 5. The van der Waals surface area contributed by atoms with E-state index < -0.39 is 11.4 Å². The Morgan fingerprint density at radius 1 is 1.43 bits per heavy atom. The SMILES string of the molecule is CCCn1ncnc1CC1(C(=O)OCC)CCCCC1=O. The lowest BCUT2D eigenvalue weighted by molar-refractivity contribution is -0.162. The molecule has 0 radical (unpaired) electrons. The predicted molar refractivity (Wildman–Crippen MR) is 76.6 cm³/mol. The van der Waals surface area contributed by atoms with Crippen LogP contribution in [0.4, 0.5) is 0 Å². The lowest BCUT2D eigenvalue weighted by Gasteiger charge is -2.32. The minimum absolute atomic E-state index is 0.0155. The largest absolute Gasteiger partial charge is 0.465 e. The van der Waals surface area contributed by atoms with Crippen molar-refractivity contribution in [2.45, 2.75) is 58.9 Å². The number of aromatic nitrogens is 3. The van der Waals surface area contributed by atoms with Gasteiger partial charge in [-0.2, -0.15) is 5.10 Å². The van der Waals surface area contributed by atoms with Gasteiger partial charge in [0.1, 0.15) is 17.6 Å². The van der Waals surface area contributed by atoms with Gasteiger partial charge in [0.2, 0.25) is 0 Å². The molecule has 0 saturated heterocycles. The van der Waals surface area contributed by atoms with Gasteiger partial charge in [-0.3, -0.25) is 14.3 Å². The van der Waals surface area contributed by atoms with Gasteiger partial charge in [-0.1, -0.05) is 13.3 Å². The zero-order valence-corrected chi connectivity index (χ0v) is 12.8. The molecule has 0 aromatic carbocycles. The van der Waals surface area contributed by atoms with Crippen molar-refractivity contribution in [3.8, 4) is 0 Å². The van der Waals surface area contributed by atoms with Gasteiger partial charge < -0.3 is 4.74 Å². The Balaban J connectivity index is 2.29. The standard InChI is InChI=1S/C15H23N3O3/c1-3-9-18-13(16-11-17-18)10-15(14(20)21-4-2)8-6-5-7-12(15)19/h11H,3-10H2,1-2H3. The van der Waals surface area contributed by atoms with E-state index in [1.807, 2.05) is 0 Å². The fourth-order valence-electron chi connectivity index (χ4n) is 2.93. The third kappa shape index (κ3) is 3.14. The van der Waals surface area contributed by atoms with Gasteiger partial charge in [0, 0.05) is 19.4 Å². The Labute approximate surface area is 124 Å². The van der Waals surface area contributed by atoms with E-state index in [-0.39, 0.29) is 12.4 Å². The topological polar surface area (TPSA) is 74.1 Å². The second-order valence-corrected chi connectivity index (χ2v) is 5.51. The van der Waals surface area contributed by atoms with Crippen molar-refractivity contribution in [3.63, 3.8) is 0 Å². The smallest absolute Gasteiger partial charge is 0.320 e. The molecule has 1 aromatic heterocycles. The number of ether oxygens (including phenoxy) is 1. The molecule has 0 bridgehead atoms. The first-order valence-corrected chi connectivity index (χ1v) is 7.71. The monoisotopic (exact) mass is 293 g/mol. The highest BCUT2D eigenvalue weighted by Crippen LogP contribution is 2.37. The molecular formula is C15H23N3O3. The Morgan fingerprint density at radius 2 is 2.24 bits per heavy atom. The van der Waals surface area contributed by atoms with Crippen LogP contribution in [0.1, 0.15) is 51.8 Å². The molecule has 0 N–H and O–H groups in total. The highest BCUT2D eigenvalue weighted by atomic mass is 16.5. The molecule has 116 valence electrons. The summed E-state index contributed by atoms with van der Waals surface area (Å²) in [5.41, 5.74) is -1.06. The Hall–Kier alpha value is -1.72. The average molecular weight is 293 g/mol. The Kier molecular flexibility index (Phi) is 5.09. The summed E-state index contributed by atoms with van der Waals surface area (Å²) in [6.07, 6.45) is 5.41. The van der Waals surface area contributed by atoms with Crippen molar-refractivity contribution < 1.29 is 14.3 Å². The molecule has 1 unspecified atom stereocenters. The number of nitrogens with zero attached hydrogens (tertiary/aromatic N) is 3. The first kappa shape index (κ1) is 15.7. The average Bonchev–Trinajstić information content (AvgIpc) is 2.89. The van der Waals surface area contributed by atoms with Gasteiger partial charge >= 0.3 is 5.97 Å². The fourth-order valence-corrected chi connectivity index (χ4v) is 2.93. The van der Waals surface area contributed by atoms with Crippen LogP contribution in [0.2, 0.25) is 0 Å². The number of aryl methyl sites for hydroxylation is 1. The van der Waals surface area contributed by atoms with E-state index in [4.69, 9.17) is 4.74 Å². The summed E-state index contributed by atoms with van der Waals surface area (Å²) in [6.45, 7) is 4.84. The predicted octanol–water partition coefficient (Wildman–Crippen LogP) is 1.92. The van der Waals surface area contributed by atoms with Crippen LogP contribution in [0, 0.1) is 5.41 Å². The molecule has 1 fully saturated rings. The molecule has 1 saturated carbocycles. The number of rotatable bonds is 6. The van der Waals surface area contributed by atoms with Crippen LogP contribution in [0.15, 0.2) is 6.33 Å². The van der Waals surface area contributed by atoms with E-state index >= 15 is 0 Å². The summed E-state index contributed by atoms with van der Waals surface area (Å²) in [4.78, 5) is 29.1. The zero-order valence-electron chi connectivity index (χ0n) is 12.8. The molecule has 1 aromatic rings. The zero-order chi connectivity index (χ0) is 15.3. The number of carbonyl (C=O) groups is 2. The molecule has 6 nitrogen and oxygen atoms in total. The lowest BCUT2D eigenvalue weighted by Crippen LogP contribution is -2.45. The second kappa shape index (κ2) is 6.83. The van der Waals surface area contributed by atoms with E-state index in [0.717, 1.165) is 25.8 Å². The van der Waals surface area contributed by atoms with E-state index in [2.05, 4.69) is 17.0 Å². The Bertz CT molecular complexity index is 512.